The van der Waals surface area contributed by atoms with E-state index in [4.69, 9.17) is 0 Å². The lowest BCUT2D eigenvalue weighted by Gasteiger charge is -2.29. The summed E-state index contributed by atoms with van der Waals surface area (Å²) in [6, 6.07) is 0. The second-order valence-electron chi connectivity index (χ2n) is 5.37. The highest BCUT2D eigenvalue weighted by Gasteiger charge is 2.17. The van der Waals surface area contributed by atoms with Gasteiger partial charge < -0.3 is 16.0 Å². The van der Waals surface area contributed by atoms with Gasteiger partial charge >= 0.3 is 0 Å². The summed E-state index contributed by atoms with van der Waals surface area (Å²) < 4.78 is 0. The molecule has 1 unspecified atom stereocenters. The van der Waals surface area contributed by atoms with Gasteiger partial charge in [0, 0.05) is 26.6 Å². The quantitative estimate of drug-likeness (QED) is 0.528. The van der Waals surface area contributed by atoms with Crippen molar-refractivity contribution in [3.8, 4) is 0 Å². The number of nitrogens with one attached hydrogen (secondary N) is 3. The van der Waals surface area contributed by atoms with Crippen molar-refractivity contribution in [1.82, 2.24) is 20.9 Å². The Morgan fingerprint density at radius 1 is 1.30 bits per heavy atom. The zero-order valence-electron chi connectivity index (χ0n) is 12.7. The van der Waals surface area contributed by atoms with Gasteiger partial charge in [-0.2, -0.15) is 0 Å². The maximum atomic E-state index is 11.8. The molecule has 1 atom stereocenters. The molecule has 0 spiro atoms. The van der Waals surface area contributed by atoms with Crippen LogP contribution in [0.15, 0.2) is 0 Å². The second-order valence-corrected chi connectivity index (χ2v) is 5.37. The van der Waals surface area contributed by atoms with Gasteiger partial charge in [0.05, 0.1) is 6.54 Å². The Morgan fingerprint density at radius 3 is 2.65 bits per heavy atom. The summed E-state index contributed by atoms with van der Waals surface area (Å²) in [5, 5.41) is 8.89. The van der Waals surface area contributed by atoms with E-state index in [-0.39, 0.29) is 11.8 Å². The molecule has 1 aliphatic heterocycles. The number of likely N-dealkylation sites (N-methyl/N-ethyl adjacent to an activating group) is 1. The van der Waals surface area contributed by atoms with E-state index < -0.39 is 0 Å². The van der Waals surface area contributed by atoms with Crippen LogP contribution in [0.2, 0.25) is 0 Å². The number of hydrogen-bond acceptors (Lipinski definition) is 4. The summed E-state index contributed by atoms with van der Waals surface area (Å²) in [7, 11) is 0. The summed E-state index contributed by atoms with van der Waals surface area (Å²) in [4.78, 5) is 24.7. The second kappa shape index (κ2) is 9.72. The van der Waals surface area contributed by atoms with E-state index in [9.17, 15) is 9.59 Å². The first-order chi connectivity index (χ1) is 9.61. The average molecular weight is 284 g/mol. The van der Waals surface area contributed by atoms with Crippen molar-refractivity contribution in [2.24, 2.45) is 5.92 Å². The minimum atomic E-state index is -0.0702. The standard InChI is InChI=1S/C14H28N4O2/c1-3-18(10-13-5-4-6-15-9-13)11-14(20)17-8-7-16-12(2)19/h13,15H,3-11H2,1-2H3,(H,16,19)(H,17,20). The molecule has 1 saturated heterocycles. The highest BCUT2D eigenvalue weighted by atomic mass is 16.2. The van der Waals surface area contributed by atoms with E-state index in [2.05, 4.69) is 27.8 Å². The van der Waals surface area contributed by atoms with E-state index in [1.54, 1.807) is 0 Å². The highest BCUT2D eigenvalue weighted by Crippen LogP contribution is 2.11. The molecule has 116 valence electrons. The maximum Gasteiger partial charge on any atom is 0.234 e. The molecule has 3 N–H and O–H groups in total. The Bertz CT molecular complexity index is 304. The smallest absolute Gasteiger partial charge is 0.234 e. The van der Waals surface area contributed by atoms with Gasteiger partial charge in [0.15, 0.2) is 0 Å². The fourth-order valence-electron chi connectivity index (χ4n) is 2.45. The third-order valence-corrected chi connectivity index (χ3v) is 3.55. The van der Waals surface area contributed by atoms with Crippen molar-refractivity contribution in [2.75, 3.05) is 45.8 Å². The Labute approximate surface area is 121 Å². The Kier molecular flexibility index (Phi) is 8.22. The first-order valence-electron chi connectivity index (χ1n) is 7.56. The Hall–Kier alpha value is -1.14. The third-order valence-electron chi connectivity index (χ3n) is 3.55. The van der Waals surface area contributed by atoms with Crippen LogP contribution < -0.4 is 16.0 Å². The number of amides is 2. The molecule has 6 nitrogen and oxygen atoms in total. The van der Waals surface area contributed by atoms with Crippen LogP contribution in [-0.2, 0) is 9.59 Å². The summed E-state index contributed by atoms with van der Waals surface area (Å²) >= 11 is 0. The molecule has 1 aliphatic rings. The predicted octanol–water partition coefficient (Wildman–Crippen LogP) is -0.440. The number of carbonyl (C=O) groups is 2. The summed E-state index contributed by atoms with van der Waals surface area (Å²) in [5.74, 6) is 0.607. The van der Waals surface area contributed by atoms with E-state index in [0.29, 0.717) is 25.6 Å². The molecular formula is C14H28N4O2. The molecule has 1 rings (SSSR count). The van der Waals surface area contributed by atoms with Crippen molar-refractivity contribution in [3.63, 3.8) is 0 Å². The molecule has 0 saturated carbocycles. The van der Waals surface area contributed by atoms with Crippen LogP contribution in [0.3, 0.4) is 0 Å². The van der Waals surface area contributed by atoms with Crippen LogP contribution in [0.4, 0.5) is 0 Å². The molecule has 0 aromatic carbocycles. The van der Waals surface area contributed by atoms with E-state index in [0.717, 1.165) is 26.2 Å². The van der Waals surface area contributed by atoms with Gasteiger partial charge in [-0.3, -0.25) is 14.5 Å². The Balaban J connectivity index is 2.17. The molecule has 0 aromatic heterocycles. The third kappa shape index (κ3) is 7.45. The monoisotopic (exact) mass is 284 g/mol. The molecular weight excluding hydrogens is 256 g/mol. The molecule has 1 fully saturated rings. The lowest BCUT2D eigenvalue weighted by molar-refractivity contribution is -0.123. The minimum absolute atomic E-state index is 0.0287. The van der Waals surface area contributed by atoms with Gasteiger partial charge in [-0.15, -0.1) is 0 Å². The van der Waals surface area contributed by atoms with Crippen LogP contribution in [-0.4, -0.2) is 62.5 Å². The molecule has 0 aromatic rings. The number of nitrogens with zero attached hydrogens (tertiary/aromatic N) is 1. The summed E-state index contributed by atoms with van der Waals surface area (Å²) in [6.07, 6.45) is 2.47. The van der Waals surface area contributed by atoms with Crippen molar-refractivity contribution >= 4 is 11.8 Å². The SMILES string of the molecule is CCN(CC(=O)NCCNC(C)=O)CC1CCCNC1. The van der Waals surface area contributed by atoms with E-state index >= 15 is 0 Å². The van der Waals surface area contributed by atoms with Crippen molar-refractivity contribution in [1.29, 1.82) is 0 Å². The number of rotatable bonds is 8. The van der Waals surface area contributed by atoms with Crippen LogP contribution in [0.25, 0.3) is 0 Å². The topological polar surface area (TPSA) is 73.5 Å². The predicted molar refractivity (Wildman–Crippen MR) is 79.4 cm³/mol. The van der Waals surface area contributed by atoms with E-state index in [1.807, 2.05) is 0 Å². The molecule has 6 heteroatoms. The van der Waals surface area contributed by atoms with Crippen LogP contribution >= 0.6 is 0 Å². The maximum absolute atomic E-state index is 11.8. The first-order valence-corrected chi connectivity index (χ1v) is 7.56. The van der Waals surface area contributed by atoms with Gasteiger partial charge in [-0.25, -0.2) is 0 Å². The highest BCUT2D eigenvalue weighted by molar-refractivity contribution is 5.78. The molecule has 0 aliphatic carbocycles. The van der Waals surface area contributed by atoms with Gasteiger partial charge in [0.25, 0.3) is 0 Å². The number of carbonyl (C=O) groups excluding carboxylic acids is 2. The first kappa shape index (κ1) is 16.9. The fraction of sp³-hybridized carbons (Fsp3) is 0.857. The molecule has 20 heavy (non-hydrogen) atoms. The lowest BCUT2D eigenvalue weighted by atomic mass is 9.99. The largest absolute Gasteiger partial charge is 0.355 e. The van der Waals surface area contributed by atoms with Crippen molar-refractivity contribution in [2.45, 2.75) is 26.7 Å². The van der Waals surface area contributed by atoms with Gasteiger partial charge in [-0.1, -0.05) is 6.92 Å². The van der Waals surface area contributed by atoms with Gasteiger partial charge in [0.2, 0.25) is 11.8 Å². The van der Waals surface area contributed by atoms with Crippen molar-refractivity contribution in [3.05, 3.63) is 0 Å². The molecule has 1 heterocycles. The molecule has 2 amide bonds. The van der Waals surface area contributed by atoms with Gasteiger partial charge in [-0.05, 0) is 38.4 Å². The van der Waals surface area contributed by atoms with E-state index in [1.165, 1.54) is 19.8 Å². The fourth-order valence-corrected chi connectivity index (χ4v) is 2.45. The van der Waals surface area contributed by atoms with Crippen LogP contribution in [0, 0.1) is 5.92 Å². The zero-order chi connectivity index (χ0) is 14.8. The van der Waals surface area contributed by atoms with Crippen molar-refractivity contribution < 1.29 is 9.59 Å². The summed E-state index contributed by atoms with van der Waals surface area (Å²) in [5.41, 5.74) is 0. The molecule has 0 radical (unpaired) electrons. The minimum Gasteiger partial charge on any atom is -0.355 e. The normalized spacial score (nSPS) is 18.9. The number of hydrogen-bond donors (Lipinski definition) is 3. The van der Waals surface area contributed by atoms with Gasteiger partial charge in [0.1, 0.15) is 0 Å². The lowest BCUT2D eigenvalue weighted by Crippen LogP contribution is -2.44. The number of piperidine rings is 1. The Morgan fingerprint density at radius 2 is 2.05 bits per heavy atom. The summed E-state index contributed by atoms with van der Waals surface area (Å²) in [6.45, 7) is 9.00. The average Bonchev–Trinajstić information content (AvgIpc) is 2.44. The molecule has 0 bridgehead atoms. The van der Waals surface area contributed by atoms with Crippen LogP contribution in [0.1, 0.15) is 26.7 Å². The zero-order valence-corrected chi connectivity index (χ0v) is 12.7. The van der Waals surface area contributed by atoms with Crippen LogP contribution in [0.5, 0.6) is 0 Å².